The molecule has 0 radical (unpaired) electrons. The van der Waals surface area contributed by atoms with Crippen molar-refractivity contribution in [1.29, 1.82) is 0 Å². The number of benzene rings is 4. The van der Waals surface area contributed by atoms with Crippen LogP contribution in [0.2, 0.25) is 0 Å². The van der Waals surface area contributed by atoms with Crippen LogP contribution in [0.3, 0.4) is 0 Å². The van der Waals surface area contributed by atoms with Crippen LogP contribution >= 0.6 is 0 Å². The SMILES string of the molecule is COc1cccc(N2CCN(c3c(F)cc4c(=O)c(C(=O)N5CCOCC5)cn5c4c3Oc3ccc4ccccc4c3-5)CC2)c1. The minimum absolute atomic E-state index is 0.00446. The monoisotopic (exact) mass is 606 g/mol. The zero-order valence-corrected chi connectivity index (χ0v) is 24.8. The van der Waals surface area contributed by atoms with Gasteiger partial charge in [-0.3, -0.25) is 9.59 Å². The van der Waals surface area contributed by atoms with Gasteiger partial charge in [-0.15, -0.1) is 0 Å². The highest BCUT2D eigenvalue weighted by Gasteiger charge is 2.33. The number of methoxy groups -OCH3 is 1. The van der Waals surface area contributed by atoms with E-state index >= 15 is 4.39 Å². The summed E-state index contributed by atoms with van der Waals surface area (Å²) in [5.74, 6) is 0.643. The van der Waals surface area contributed by atoms with E-state index in [-0.39, 0.29) is 22.6 Å². The van der Waals surface area contributed by atoms with Gasteiger partial charge in [-0.25, -0.2) is 4.39 Å². The fraction of sp³-hybridized carbons (Fsp3) is 0.257. The predicted molar refractivity (Wildman–Crippen MR) is 171 cm³/mol. The van der Waals surface area contributed by atoms with Crippen LogP contribution < -0.4 is 24.7 Å². The Bertz CT molecular complexity index is 2050. The molecule has 2 saturated heterocycles. The van der Waals surface area contributed by atoms with Crippen molar-refractivity contribution in [2.24, 2.45) is 0 Å². The zero-order valence-electron chi connectivity index (χ0n) is 24.8. The highest BCUT2D eigenvalue weighted by Crippen LogP contribution is 2.48. The van der Waals surface area contributed by atoms with Crippen molar-refractivity contribution in [3.63, 3.8) is 0 Å². The van der Waals surface area contributed by atoms with E-state index in [1.54, 1.807) is 18.2 Å². The van der Waals surface area contributed by atoms with Gasteiger partial charge in [-0.1, -0.05) is 36.4 Å². The number of morpholine rings is 1. The molecule has 0 spiro atoms. The summed E-state index contributed by atoms with van der Waals surface area (Å²) >= 11 is 0. The number of halogens is 1. The van der Waals surface area contributed by atoms with Crippen molar-refractivity contribution in [3.8, 4) is 22.9 Å². The molecule has 9 nitrogen and oxygen atoms in total. The Kier molecular flexibility index (Phi) is 6.60. The summed E-state index contributed by atoms with van der Waals surface area (Å²) in [5, 5.41) is 1.99. The second-order valence-corrected chi connectivity index (χ2v) is 11.5. The third-order valence-corrected chi connectivity index (χ3v) is 9.03. The molecule has 10 heteroatoms. The van der Waals surface area contributed by atoms with Crippen LogP contribution in [0.5, 0.6) is 17.2 Å². The molecular formula is C35H31FN4O5. The highest BCUT2D eigenvalue weighted by atomic mass is 19.1. The van der Waals surface area contributed by atoms with Crippen LogP contribution in [0, 0.1) is 5.82 Å². The first kappa shape index (κ1) is 27.5. The second-order valence-electron chi connectivity index (χ2n) is 11.5. The lowest BCUT2D eigenvalue weighted by molar-refractivity contribution is 0.0302. The standard InChI is InChI=1S/C35H31FN4O5/c1-43-24-7-4-6-23(19-24)37-11-13-38(14-12-37)32-28(36)20-26-31-34(32)45-29-10-9-22-5-2-3-8-25(22)30(29)40(31)21-27(33(26)41)35(42)39-15-17-44-18-16-39/h2-10,19-21H,11-18H2,1H3. The van der Waals surface area contributed by atoms with Gasteiger partial charge in [-0.05, 0) is 29.7 Å². The molecule has 3 aliphatic rings. The lowest BCUT2D eigenvalue weighted by atomic mass is 10.0. The average Bonchev–Trinajstić information content (AvgIpc) is 3.09. The minimum Gasteiger partial charge on any atom is -0.497 e. The summed E-state index contributed by atoms with van der Waals surface area (Å²) in [5.41, 5.74) is 2.00. The van der Waals surface area contributed by atoms with Gasteiger partial charge in [0, 0.05) is 62.6 Å². The van der Waals surface area contributed by atoms with E-state index in [4.69, 9.17) is 14.2 Å². The first-order chi connectivity index (χ1) is 22.0. The van der Waals surface area contributed by atoms with Crippen molar-refractivity contribution in [1.82, 2.24) is 9.47 Å². The van der Waals surface area contributed by atoms with Crippen LogP contribution in [-0.4, -0.2) is 75.0 Å². The van der Waals surface area contributed by atoms with Crippen LogP contribution in [0.1, 0.15) is 10.4 Å². The molecule has 4 aromatic carbocycles. The van der Waals surface area contributed by atoms with Crippen LogP contribution in [0.25, 0.3) is 27.4 Å². The molecule has 0 unspecified atom stereocenters. The number of hydrogen-bond donors (Lipinski definition) is 0. The lowest BCUT2D eigenvalue weighted by Gasteiger charge is -2.39. The molecule has 5 aromatic rings. The zero-order chi connectivity index (χ0) is 30.7. The van der Waals surface area contributed by atoms with Gasteiger partial charge in [-0.2, -0.15) is 0 Å². The number of pyridine rings is 1. The first-order valence-corrected chi connectivity index (χ1v) is 15.1. The van der Waals surface area contributed by atoms with Gasteiger partial charge in [0.05, 0.1) is 31.4 Å². The maximum Gasteiger partial charge on any atom is 0.259 e. The van der Waals surface area contributed by atoms with E-state index in [1.807, 2.05) is 70.1 Å². The summed E-state index contributed by atoms with van der Waals surface area (Å²) in [4.78, 5) is 33.5. The molecule has 0 aliphatic carbocycles. The van der Waals surface area contributed by atoms with Gasteiger partial charge in [0.15, 0.2) is 17.3 Å². The van der Waals surface area contributed by atoms with Crippen molar-refractivity contribution in [2.75, 3.05) is 69.4 Å². The van der Waals surface area contributed by atoms with Gasteiger partial charge >= 0.3 is 0 Å². The van der Waals surface area contributed by atoms with E-state index in [1.165, 1.54) is 6.07 Å². The summed E-state index contributed by atoms with van der Waals surface area (Å²) in [6.45, 7) is 3.98. The summed E-state index contributed by atoms with van der Waals surface area (Å²) in [6.07, 6.45) is 1.61. The number of amides is 1. The van der Waals surface area contributed by atoms with Crippen molar-refractivity contribution < 1.29 is 23.4 Å². The van der Waals surface area contributed by atoms with Gasteiger partial charge in [0.25, 0.3) is 5.91 Å². The van der Waals surface area contributed by atoms with Crippen LogP contribution in [0.15, 0.2) is 77.7 Å². The molecule has 8 rings (SSSR count). The Labute approximate surface area is 258 Å². The molecule has 1 aromatic heterocycles. The second kappa shape index (κ2) is 10.8. The third kappa shape index (κ3) is 4.47. The van der Waals surface area contributed by atoms with E-state index in [9.17, 15) is 9.59 Å². The minimum atomic E-state index is -0.559. The van der Waals surface area contributed by atoms with E-state index in [0.717, 1.165) is 22.2 Å². The number of aromatic nitrogens is 1. The Morgan fingerprint density at radius 1 is 0.844 bits per heavy atom. The number of ether oxygens (including phenoxy) is 3. The average molecular weight is 607 g/mol. The van der Waals surface area contributed by atoms with Gasteiger partial charge in [0.1, 0.15) is 22.5 Å². The lowest BCUT2D eigenvalue weighted by Crippen LogP contribution is -2.47. The Morgan fingerprint density at radius 2 is 1.62 bits per heavy atom. The molecule has 1 amide bonds. The number of rotatable bonds is 4. The van der Waals surface area contributed by atoms with Gasteiger partial charge < -0.3 is 33.5 Å². The van der Waals surface area contributed by atoms with Gasteiger partial charge in [0.2, 0.25) is 5.43 Å². The number of anilines is 2. The maximum absolute atomic E-state index is 16.3. The number of carbonyl (C=O) groups excluding carboxylic acids is 1. The number of nitrogens with zero attached hydrogens (tertiary/aromatic N) is 4. The molecule has 0 N–H and O–H groups in total. The number of carbonyl (C=O) groups is 1. The molecule has 0 saturated carbocycles. The fourth-order valence-electron chi connectivity index (χ4n) is 6.74. The Hall–Kier alpha value is -5.09. The van der Waals surface area contributed by atoms with E-state index in [0.29, 0.717) is 75.1 Å². The summed E-state index contributed by atoms with van der Waals surface area (Å²) < 4.78 is 35.5. The van der Waals surface area contributed by atoms with E-state index in [2.05, 4.69) is 4.90 Å². The van der Waals surface area contributed by atoms with Crippen LogP contribution in [-0.2, 0) is 4.74 Å². The third-order valence-electron chi connectivity index (χ3n) is 9.03. The molecular weight excluding hydrogens is 575 g/mol. The number of fused-ring (bicyclic) bond motifs is 4. The molecule has 4 heterocycles. The molecule has 3 aliphatic heterocycles. The molecule has 0 bridgehead atoms. The van der Waals surface area contributed by atoms with Crippen molar-refractivity contribution >= 4 is 39.0 Å². The van der Waals surface area contributed by atoms with Crippen molar-refractivity contribution in [2.45, 2.75) is 0 Å². The smallest absolute Gasteiger partial charge is 0.259 e. The topological polar surface area (TPSA) is 76.5 Å². The molecule has 228 valence electrons. The normalized spacial score (nSPS) is 16.1. The number of hydrogen-bond acceptors (Lipinski definition) is 7. The molecule has 0 atom stereocenters. The van der Waals surface area contributed by atoms with Crippen molar-refractivity contribution in [3.05, 3.63) is 94.5 Å². The summed E-state index contributed by atoms with van der Waals surface area (Å²) in [6, 6.07) is 20.9. The van der Waals surface area contributed by atoms with Crippen LogP contribution in [0.4, 0.5) is 15.8 Å². The predicted octanol–water partition coefficient (Wildman–Crippen LogP) is 5.20. The first-order valence-electron chi connectivity index (χ1n) is 15.1. The largest absolute Gasteiger partial charge is 0.497 e. The maximum atomic E-state index is 16.3. The highest BCUT2D eigenvalue weighted by molar-refractivity contribution is 6.04. The number of piperazine rings is 1. The Balaban J connectivity index is 1.28. The molecule has 45 heavy (non-hydrogen) atoms. The summed E-state index contributed by atoms with van der Waals surface area (Å²) in [7, 11) is 1.65. The fourth-order valence-corrected chi connectivity index (χ4v) is 6.74. The Morgan fingerprint density at radius 3 is 2.42 bits per heavy atom. The van der Waals surface area contributed by atoms with E-state index < -0.39 is 11.2 Å². The quantitative estimate of drug-likeness (QED) is 0.273. The molecule has 2 fully saturated rings.